The monoisotopic (exact) mass is 361 g/mol. The summed E-state index contributed by atoms with van der Waals surface area (Å²) in [5, 5.41) is 1.21. The summed E-state index contributed by atoms with van der Waals surface area (Å²) >= 11 is 0. The van der Waals surface area contributed by atoms with Gasteiger partial charge < -0.3 is 9.88 Å². The van der Waals surface area contributed by atoms with Crippen molar-refractivity contribution in [3.05, 3.63) is 65.5 Å². The number of pyridine rings is 1. The van der Waals surface area contributed by atoms with Crippen molar-refractivity contribution in [2.24, 2.45) is 5.92 Å². The number of piperidine rings is 1. The normalized spacial score (nSPS) is 15.6. The lowest BCUT2D eigenvalue weighted by atomic mass is 9.89. The second-order valence-electron chi connectivity index (χ2n) is 8.00. The number of aromatic amines is 1. The average Bonchev–Trinajstić information content (AvgIpc) is 3.12. The van der Waals surface area contributed by atoms with Crippen molar-refractivity contribution >= 4 is 16.9 Å². The smallest absolute Gasteiger partial charge is 0.253 e. The summed E-state index contributed by atoms with van der Waals surface area (Å²) in [6.45, 7) is 6.05. The molecular weight excluding hydrogens is 334 g/mol. The fraction of sp³-hybridized carbons (Fsp3) is 0.391. The van der Waals surface area contributed by atoms with Crippen LogP contribution < -0.4 is 0 Å². The van der Waals surface area contributed by atoms with Gasteiger partial charge in [-0.1, -0.05) is 26.0 Å². The maximum atomic E-state index is 12.8. The van der Waals surface area contributed by atoms with Crippen LogP contribution in [0.15, 0.2) is 48.8 Å². The molecule has 0 atom stereocenters. The number of hydrogen-bond acceptors (Lipinski definition) is 2. The predicted octanol–water partition coefficient (Wildman–Crippen LogP) is 4.78. The number of amides is 1. The van der Waals surface area contributed by atoms with Crippen LogP contribution in [-0.2, 0) is 6.42 Å². The van der Waals surface area contributed by atoms with Crippen LogP contribution in [0.5, 0.6) is 0 Å². The van der Waals surface area contributed by atoms with Crippen molar-refractivity contribution in [2.45, 2.75) is 39.0 Å². The lowest BCUT2D eigenvalue weighted by molar-refractivity contribution is 0.0713. The SMILES string of the molecule is CC(C)Cc1ccc(C(=O)N2CCC(c3c[nH]c4ncccc34)CC2)cc1. The maximum Gasteiger partial charge on any atom is 0.253 e. The number of carbonyl (C=O) groups excluding carboxylic acids is 1. The minimum atomic E-state index is 0.158. The van der Waals surface area contributed by atoms with E-state index in [0.29, 0.717) is 11.8 Å². The minimum Gasteiger partial charge on any atom is -0.346 e. The average molecular weight is 361 g/mol. The number of likely N-dealkylation sites (tertiary alicyclic amines) is 1. The highest BCUT2D eigenvalue weighted by molar-refractivity contribution is 5.94. The fourth-order valence-corrected chi connectivity index (χ4v) is 4.15. The Morgan fingerprint density at radius 3 is 2.63 bits per heavy atom. The number of aromatic nitrogens is 2. The van der Waals surface area contributed by atoms with E-state index in [4.69, 9.17) is 0 Å². The van der Waals surface area contributed by atoms with E-state index in [1.807, 2.05) is 29.3 Å². The van der Waals surface area contributed by atoms with Crippen LogP contribution in [0.3, 0.4) is 0 Å². The van der Waals surface area contributed by atoms with Crippen molar-refractivity contribution in [1.29, 1.82) is 0 Å². The Hall–Kier alpha value is -2.62. The summed E-state index contributed by atoms with van der Waals surface area (Å²) < 4.78 is 0. The molecule has 1 saturated heterocycles. The fourth-order valence-electron chi connectivity index (χ4n) is 4.15. The molecule has 1 aliphatic heterocycles. The van der Waals surface area contributed by atoms with E-state index in [9.17, 15) is 4.79 Å². The first-order valence-corrected chi connectivity index (χ1v) is 9.92. The molecule has 140 valence electrons. The van der Waals surface area contributed by atoms with E-state index in [2.05, 4.69) is 48.2 Å². The third-order valence-corrected chi connectivity index (χ3v) is 5.55. The van der Waals surface area contributed by atoms with Crippen molar-refractivity contribution in [3.8, 4) is 0 Å². The molecule has 0 saturated carbocycles. The molecule has 1 aliphatic rings. The van der Waals surface area contributed by atoms with Crippen molar-refractivity contribution < 1.29 is 4.79 Å². The molecule has 1 amide bonds. The molecule has 0 aliphatic carbocycles. The molecule has 0 unspecified atom stereocenters. The van der Waals surface area contributed by atoms with Crippen molar-refractivity contribution in [3.63, 3.8) is 0 Å². The highest BCUT2D eigenvalue weighted by atomic mass is 16.2. The molecular formula is C23H27N3O. The van der Waals surface area contributed by atoms with Gasteiger partial charge in [-0.2, -0.15) is 0 Å². The molecule has 4 rings (SSSR count). The van der Waals surface area contributed by atoms with Crippen LogP contribution in [0.2, 0.25) is 0 Å². The van der Waals surface area contributed by atoms with Crippen LogP contribution in [-0.4, -0.2) is 33.9 Å². The number of benzene rings is 1. The van der Waals surface area contributed by atoms with Gasteiger partial charge in [0.15, 0.2) is 0 Å². The minimum absolute atomic E-state index is 0.158. The summed E-state index contributed by atoms with van der Waals surface area (Å²) in [5.41, 5.74) is 4.39. The van der Waals surface area contributed by atoms with Gasteiger partial charge in [-0.05, 0) is 66.5 Å². The second kappa shape index (κ2) is 7.55. The number of H-pyrrole nitrogens is 1. The van der Waals surface area contributed by atoms with Crippen LogP contribution in [0, 0.1) is 5.92 Å². The van der Waals surface area contributed by atoms with E-state index in [1.165, 1.54) is 16.5 Å². The summed E-state index contributed by atoms with van der Waals surface area (Å²) in [4.78, 5) is 22.5. The third-order valence-electron chi connectivity index (χ3n) is 5.55. The Morgan fingerprint density at radius 1 is 1.19 bits per heavy atom. The Bertz CT molecular complexity index is 918. The topological polar surface area (TPSA) is 49.0 Å². The molecule has 0 spiro atoms. The number of fused-ring (bicyclic) bond motifs is 1. The Kier molecular flexibility index (Phi) is 4.97. The molecule has 0 bridgehead atoms. The van der Waals surface area contributed by atoms with Gasteiger partial charge in [0.25, 0.3) is 5.91 Å². The molecule has 1 aromatic carbocycles. The molecule has 1 N–H and O–H groups in total. The maximum absolute atomic E-state index is 12.8. The molecule has 2 aromatic heterocycles. The molecule has 27 heavy (non-hydrogen) atoms. The predicted molar refractivity (Wildman–Crippen MR) is 109 cm³/mol. The molecule has 4 heteroatoms. The Balaban J connectivity index is 1.40. The van der Waals surface area contributed by atoms with E-state index in [-0.39, 0.29) is 5.91 Å². The number of rotatable bonds is 4. The molecule has 1 fully saturated rings. The van der Waals surface area contributed by atoms with Gasteiger partial charge in [0.1, 0.15) is 5.65 Å². The lowest BCUT2D eigenvalue weighted by Gasteiger charge is -2.32. The number of nitrogens with one attached hydrogen (secondary N) is 1. The summed E-state index contributed by atoms with van der Waals surface area (Å²) in [5.74, 6) is 1.27. The van der Waals surface area contributed by atoms with Crippen molar-refractivity contribution in [2.75, 3.05) is 13.1 Å². The second-order valence-corrected chi connectivity index (χ2v) is 8.00. The lowest BCUT2D eigenvalue weighted by Crippen LogP contribution is -2.37. The van der Waals surface area contributed by atoms with Crippen LogP contribution in [0.25, 0.3) is 11.0 Å². The van der Waals surface area contributed by atoms with Crippen LogP contribution in [0.1, 0.15) is 54.1 Å². The molecule has 0 radical (unpaired) electrons. The number of nitrogens with zero attached hydrogens (tertiary/aromatic N) is 2. The van der Waals surface area contributed by atoms with Gasteiger partial charge in [-0.15, -0.1) is 0 Å². The van der Waals surface area contributed by atoms with Crippen molar-refractivity contribution in [1.82, 2.24) is 14.9 Å². The first kappa shape index (κ1) is 17.8. The van der Waals surface area contributed by atoms with E-state index >= 15 is 0 Å². The largest absolute Gasteiger partial charge is 0.346 e. The van der Waals surface area contributed by atoms with Crippen LogP contribution in [0.4, 0.5) is 0 Å². The molecule has 3 heterocycles. The summed E-state index contributed by atoms with van der Waals surface area (Å²) in [6, 6.07) is 12.3. The van der Waals surface area contributed by atoms with E-state index in [1.54, 1.807) is 0 Å². The standard InChI is InChI=1S/C23H27N3O/c1-16(2)14-17-5-7-19(8-6-17)23(27)26-12-9-18(10-13-26)21-15-25-22-20(21)4-3-11-24-22/h3-8,11,15-16,18H,9-10,12-14H2,1-2H3,(H,24,25). The summed E-state index contributed by atoms with van der Waals surface area (Å²) in [7, 11) is 0. The quantitative estimate of drug-likeness (QED) is 0.727. The van der Waals surface area contributed by atoms with E-state index in [0.717, 1.165) is 43.6 Å². The highest BCUT2D eigenvalue weighted by Crippen LogP contribution is 2.32. The Morgan fingerprint density at radius 2 is 1.93 bits per heavy atom. The third kappa shape index (κ3) is 3.75. The first-order chi connectivity index (χ1) is 13.1. The Labute approximate surface area is 160 Å². The van der Waals surface area contributed by atoms with Gasteiger partial charge in [0, 0.05) is 36.4 Å². The molecule has 4 nitrogen and oxygen atoms in total. The first-order valence-electron chi connectivity index (χ1n) is 9.92. The van der Waals surface area contributed by atoms with Crippen LogP contribution >= 0.6 is 0 Å². The van der Waals surface area contributed by atoms with Gasteiger partial charge in [0.05, 0.1) is 0 Å². The zero-order chi connectivity index (χ0) is 18.8. The number of carbonyl (C=O) groups is 1. The van der Waals surface area contributed by atoms with Gasteiger partial charge in [-0.25, -0.2) is 4.98 Å². The van der Waals surface area contributed by atoms with Gasteiger partial charge in [0.2, 0.25) is 0 Å². The highest BCUT2D eigenvalue weighted by Gasteiger charge is 2.26. The van der Waals surface area contributed by atoms with E-state index < -0.39 is 0 Å². The summed E-state index contributed by atoms with van der Waals surface area (Å²) in [6.07, 6.45) is 6.96. The van der Waals surface area contributed by atoms with Gasteiger partial charge in [-0.3, -0.25) is 4.79 Å². The molecule has 3 aromatic rings. The van der Waals surface area contributed by atoms with Gasteiger partial charge >= 0.3 is 0 Å². The zero-order valence-electron chi connectivity index (χ0n) is 16.1. The number of hydrogen-bond donors (Lipinski definition) is 1. The zero-order valence-corrected chi connectivity index (χ0v) is 16.1.